The van der Waals surface area contributed by atoms with E-state index in [4.69, 9.17) is 0 Å². The molecule has 2 unspecified atom stereocenters. The second-order valence-corrected chi connectivity index (χ2v) is 19.7. The molecule has 0 saturated heterocycles. The molecule has 2 aliphatic heterocycles. The highest BCUT2D eigenvalue weighted by molar-refractivity contribution is 7.00. The van der Waals surface area contributed by atoms with Gasteiger partial charge in [-0.1, -0.05) is 134 Å². The topological polar surface area (TPSA) is 6.48 Å². The Morgan fingerprint density at radius 2 is 0.964 bits per heavy atom. The summed E-state index contributed by atoms with van der Waals surface area (Å²) in [5.41, 5.74) is 21.0. The number of hydrogen-bond acceptors (Lipinski definition) is 2. The van der Waals surface area contributed by atoms with Gasteiger partial charge in [0.1, 0.15) is 0 Å². The first kappa shape index (κ1) is 35.2. The van der Waals surface area contributed by atoms with Crippen LogP contribution in [-0.2, 0) is 23.7 Å². The van der Waals surface area contributed by atoms with Gasteiger partial charge in [0.05, 0.1) is 12.1 Å². The van der Waals surface area contributed by atoms with Gasteiger partial charge < -0.3 is 9.80 Å². The Hall–Kier alpha value is -4.24. The maximum absolute atomic E-state index is 2.88. The first-order valence-corrected chi connectivity index (χ1v) is 21.8. The molecule has 2 nitrogen and oxygen atoms in total. The molecule has 5 aromatic carbocycles. The van der Waals surface area contributed by atoms with Crippen LogP contribution in [0, 0.1) is 0 Å². The minimum Gasteiger partial charge on any atom is -0.335 e. The van der Waals surface area contributed by atoms with Crippen molar-refractivity contribution >= 4 is 45.9 Å². The summed E-state index contributed by atoms with van der Waals surface area (Å²) in [4.78, 5) is 5.76. The van der Waals surface area contributed by atoms with Gasteiger partial charge in [0, 0.05) is 22.7 Å². The van der Waals surface area contributed by atoms with Crippen LogP contribution in [0.3, 0.4) is 0 Å². The summed E-state index contributed by atoms with van der Waals surface area (Å²) in [7, 11) is 0. The van der Waals surface area contributed by atoms with E-state index in [0.717, 1.165) is 0 Å². The molecular formula is C52H59BN2. The third kappa shape index (κ3) is 5.81. The molecule has 55 heavy (non-hydrogen) atoms. The van der Waals surface area contributed by atoms with Crippen molar-refractivity contribution in [3.8, 4) is 0 Å². The third-order valence-corrected chi connectivity index (χ3v) is 14.3. The summed E-state index contributed by atoms with van der Waals surface area (Å²) < 4.78 is 0. The lowest BCUT2D eigenvalue weighted by molar-refractivity contribution is 0.443. The molecule has 1 fully saturated rings. The molecular weight excluding hydrogens is 663 g/mol. The van der Waals surface area contributed by atoms with Gasteiger partial charge in [0.15, 0.2) is 0 Å². The lowest BCUT2D eigenvalue weighted by atomic mass is 9.33. The average Bonchev–Trinajstić information content (AvgIpc) is 3.19. The van der Waals surface area contributed by atoms with Crippen molar-refractivity contribution in [2.45, 2.75) is 141 Å². The maximum atomic E-state index is 2.88. The summed E-state index contributed by atoms with van der Waals surface area (Å²) in [6.07, 6.45) is 13.8. The Kier molecular flexibility index (Phi) is 8.43. The first-order valence-electron chi connectivity index (χ1n) is 21.8. The minimum atomic E-state index is 0.0534. The number of aryl methyl sites for hydroxylation is 2. The Labute approximate surface area is 331 Å². The number of anilines is 4. The standard InChI is InChI=1S/C52H59BN2/c1-51(2,3)38-26-28-42-46(32-38)54(44-24-14-20-35-18-10-12-22-40(35)44)48-30-37(34-16-8-7-9-17-34)31-49-50(48)53(42)43-29-27-39(52(4,5)6)33-47(43)55(49)45-25-15-21-36-19-11-13-23-41(36)45/h10-13,18-19,22-23,26-34,44-45H,7-9,14-17,20-21,24-25H2,1-6H3. The van der Waals surface area contributed by atoms with Crippen molar-refractivity contribution in [3.63, 3.8) is 0 Å². The van der Waals surface area contributed by atoms with Crippen LogP contribution in [0.15, 0.2) is 97.1 Å². The van der Waals surface area contributed by atoms with Crippen LogP contribution in [0.5, 0.6) is 0 Å². The summed E-state index contributed by atoms with van der Waals surface area (Å²) in [5, 5.41) is 0. The van der Waals surface area contributed by atoms with Crippen molar-refractivity contribution in [1.29, 1.82) is 0 Å². The monoisotopic (exact) mass is 722 g/mol. The van der Waals surface area contributed by atoms with Crippen LogP contribution in [0.25, 0.3) is 0 Å². The van der Waals surface area contributed by atoms with Crippen LogP contribution < -0.4 is 26.2 Å². The van der Waals surface area contributed by atoms with Gasteiger partial charge in [0.25, 0.3) is 6.71 Å². The van der Waals surface area contributed by atoms with Gasteiger partial charge in [-0.2, -0.15) is 0 Å². The molecule has 5 aliphatic rings. The SMILES string of the molecule is CC(C)(C)c1ccc2c(c1)N(C1CCCc3ccccc31)c1cc(C3CCCCC3)cc3c1B2c1ccc(C(C)(C)C)cc1N3C1CCCc2ccccc21. The predicted octanol–water partition coefficient (Wildman–Crippen LogP) is 11.9. The predicted molar refractivity (Wildman–Crippen MR) is 236 cm³/mol. The van der Waals surface area contributed by atoms with E-state index in [1.807, 2.05) is 0 Å². The van der Waals surface area contributed by atoms with Gasteiger partial charge in [-0.3, -0.25) is 0 Å². The van der Waals surface area contributed by atoms with Gasteiger partial charge in [0.2, 0.25) is 0 Å². The van der Waals surface area contributed by atoms with Gasteiger partial charge in [-0.05, 0) is 148 Å². The highest BCUT2D eigenvalue weighted by atomic mass is 15.2. The molecule has 2 atom stereocenters. The number of nitrogens with zero attached hydrogens (tertiary/aromatic N) is 2. The Bertz CT molecular complexity index is 2130. The van der Waals surface area contributed by atoms with E-state index < -0.39 is 0 Å². The van der Waals surface area contributed by atoms with Crippen molar-refractivity contribution in [2.75, 3.05) is 9.80 Å². The quantitative estimate of drug-likeness (QED) is 0.171. The van der Waals surface area contributed by atoms with Crippen LogP contribution in [-0.4, -0.2) is 6.71 Å². The zero-order valence-corrected chi connectivity index (χ0v) is 34.2. The number of fused-ring (bicyclic) bond motifs is 6. The number of benzene rings is 5. The molecule has 0 radical (unpaired) electrons. The molecule has 5 aromatic rings. The maximum Gasteiger partial charge on any atom is 0.252 e. The largest absolute Gasteiger partial charge is 0.335 e. The molecule has 0 spiro atoms. The Balaban J connectivity index is 1.31. The van der Waals surface area contributed by atoms with E-state index in [-0.39, 0.29) is 17.5 Å². The fourth-order valence-corrected chi connectivity index (χ4v) is 11.3. The van der Waals surface area contributed by atoms with E-state index in [1.54, 1.807) is 5.56 Å². The van der Waals surface area contributed by atoms with Gasteiger partial charge >= 0.3 is 0 Å². The molecule has 3 aliphatic carbocycles. The van der Waals surface area contributed by atoms with Crippen LogP contribution in [0.2, 0.25) is 0 Å². The summed E-state index contributed by atoms with van der Waals surface area (Å²) in [6.45, 7) is 14.5. The third-order valence-electron chi connectivity index (χ3n) is 14.3. The van der Waals surface area contributed by atoms with E-state index >= 15 is 0 Å². The summed E-state index contributed by atoms with van der Waals surface area (Å²) in [6, 6.07) is 40.0. The van der Waals surface area contributed by atoms with E-state index in [9.17, 15) is 0 Å². The van der Waals surface area contributed by atoms with Crippen molar-refractivity contribution in [2.24, 2.45) is 0 Å². The van der Waals surface area contributed by atoms with Crippen LogP contribution in [0.4, 0.5) is 22.7 Å². The second-order valence-electron chi connectivity index (χ2n) is 19.7. The lowest BCUT2D eigenvalue weighted by Gasteiger charge is -2.50. The van der Waals surface area contributed by atoms with Crippen LogP contribution >= 0.6 is 0 Å². The Morgan fingerprint density at radius 3 is 1.44 bits per heavy atom. The molecule has 0 bridgehead atoms. The molecule has 10 rings (SSSR count). The second kappa shape index (κ2) is 13.2. The molecule has 2 heterocycles. The number of hydrogen-bond donors (Lipinski definition) is 0. The molecule has 0 N–H and O–H groups in total. The fourth-order valence-electron chi connectivity index (χ4n) is 11.3. The molecule has 0 aromatic heterocycles. The van der Waals surface area contributed by atoms with Crippen LogP contribution in [0.1, 0.15) is 156 Å². The molecule has 0 amide bonds. The van der Waals surface area contributed by atoms with E-state index in [0.29, 0.717) is 18.0 Å². The summed E-state index contributed by atoms with van der Waals surface area (Å²) >= 11 is 0. The fraction of sp³-hybridized carbons (Fsp3) is 0.423. The molecule has 3 heteroatoms. The normalized spacial score (nSPS) is 20.7. The highest BCUT2D eigenvalue weighted by Crippen LogP contribution is 2.51. The van der Waals surface area contributed by atoms with Crippen molar-refractivity contribution < 1.29 is 0 Å². The highest BCUT2D eigenvalue weighted by Gasteiger charge is 2.47. The minimum absolute atomic E-state index is 0.0534. The number of rotatable bonds is 3. The summed E-state index contributed by atoms with van der Waals surface area (Å²) in [5.74, 6) is 0.611. The lowest BCUT2D eigenvalue weighted by Crippen LogP contribution is -2.63. The van der Waals surface area contributed by atoms with Crippen molar-refractivity contribution in [1.82, 2.24) is 0 Å². The molecule has 280 valence electrons. The van der Waals surface area contributed by atoms with Gasteiger partial charge in [-0.15, -0.1) is 0 Å². The average molecular weight is 723 g/mol. The molecule has 1 saturated carbocycles. The van der Waals surface area contributed by atoms with E-state index in [2.05, 4.69) is 148 Å². The zero-order valence-electron chi connectivity index (χ0n) is 34.2. The smallest absolute Gasteiger partial charge is 0.252 e. The van der Waals surface area contributed by atoms with Gasteiger partial charge in [-0.25, -0.2) is 0 Å². The zero-order chi connectivity index (χ0) is 37.6. The van der Waals surface area contributed by atoms with E-state index in [1.165, 1.54) is 143 Å². The van der Waals surface area contributed by atoms with Crippen molar-refractivity contribution in [3.05, 3.63) is 136 Å². The Morgan fingerprint density at radius 1 is 0.491 bits per heavy atom. The first-order chi connectivity index (χ1) is 26.6.